The van der Waals surface area contributed by atoms with E-state index >= 15 is 0 Å². The molecule has 0 saturated heterocycles. The van der Waals surface area contributed by atoms with Crippen molar-refractivity contribution in [3.63, 3.8) is 0 Å². The Kier molecular flexibility index (Phi) is 5.51. The number of hydrogen-bond acceptors (Lipinski definition) is 3. The Balaban J connectivity index is 2.68. The van der Waals surface area contributed by atoms with Gasteiger partial charge in [0, 0.05) is 32.9 Å². The molecule has 104 valence electrons. The largest absolute Gasteiger partial charge is 0.478 e. The molecule has 1 N–H and O–H groups in total. The Labute approximate surface area is 112 Å². The summed E-state index contributed by atoms with van der Waals surface area (Å²) in [6.45, 7) is 2.49. The van der Waals surface area contributed by atoms with Crippen molar-refractivity contribution in [3.05, 3.63) is 29.8 Å². The first-order chi connectivity index (χ1) is 8.95. The average molecular weight is 265 g/mol. The second-order valence-corrected chi connectivity index (χ2v) is 4.57. The van der Waals surface area contributed by atoms with Gasteiger partial charge in [-0.25, -0.2) is 4.79 Å². The first-order valence-electron chi connectivity index (χ1n) is 6.04. The van der Waals surface area contributed by atoms with E-state index in [-0.39, 0.29) is 17.4 Å². The van der Waals surface area contributed by atoms with Gasteiger partial charge in [0.15, 0.2) is 0 Å². The minimum absolute atomic E-state index is 0.0207. The number of benzene rings is 1. The number of rotatable bonds is 6. The summed E-state index contributed by atoms with van der Waals surface area (Å²) in [6.07, 6.45) is 0.394. The second-order valence-electron chi connectivity index (χ2n) is 4.57. The van der Waals surface area contributed by atoms with E-state index in [1.807, 2.05) is 6.92 Å². The quantitative estimate of drug-likeness (QED) is 0.854. The van der Waals surface area contributed by atoms with Crippen molar-refractivity contribution in [2.24, 2.45) is 5.92 Å². The SMILES string of the molecule is COCC(C)CC(=O)N(C)c1ccc(C(=O)O)cc1. The van der Waals surface area contributed by atoms with Gasteiger partial charge >= 0.3 is 5.97 Å². The topological polar surface area (TPSA) is 66.8 Å². The van der Waals surface area contributed by atoms with E-state index in [4.69, 9.17) is 9.84 Å². The molecule has 0 spiro atoms. The summed E-state index contributed by atoms with van der Waals surface area (Å²) < 4.78 is 5.00. The van der Waals surface area contributed by atoms with E-state index in [9.17, 15) is 9.59 Å². The highest BCUT2D eigenvalue weighted by atomic mass is 16.5. The normalized spacial score (nSPS) is 11.9. The highest BCUT2D eigenvalue weighted by Crippen LogP contribution is 2.16. The van der Waals surface area contributed by atoms with Crippen molar-refractivity contribution >= 4 is 17.6 Å². The molecular weight excluding hydrogens is 246 g/mol. The predicted octanol–water partition coefficient (Wildman–Crippen LogP) is 2.02. The maximum Gasteiger partial charge on any atom is 0.335 e. The fraction of sp³-hybridized carbons (Fsp3) is 0.429. The van der Waals surface area contributed by atoms with E-state index in [2.05, 4.69) is 0 Å². The number of amides is 1. The number of carbonyl (C=O) groups is 2. The smallest absolute Gasteiger partial charge is 0.335 e. The molecule has 0 saturated carbocycles. The van der Waals surface area contributed by atoms with Crippen LogP contribution in [0.15, 0.2) is 24.3 Å². The fourth-order valence-corrected chi connectivity index (χ4v) is 1.75. The first kappa shape index (κ1) is 15.2. The van der Waals surface area contributed by atoms with Crippen LogP contribution < -0.4 is 4.90 Å². The molecule has 0 bridgehead atoms. The van der Waals surface area contributed by atoms with Crippen LogP contribution in [0.3, 0.4) is 0 Å². The third-order valence-corrected chi connectivity index (χ3v) is 2.85. The van der Waals surface area contributed by atoms with Gasteiger partial charge in [-0.3, -0.25) is 4.79 Å². The molecule has 0 aliphatic heterocycles. The number of carboxylic acids is 1. The van der Waals surface area contributed by atoms with Gasteiger partial charge in [0.1, 0.15) is 0 Å². The molecule has 0 fully saturated rings. The zero-order chi connectivity index (χ0) is 14.4. The van der Waals surface area contributed by atoms with Crippen molar-refractivity contribution < 1.29 is 19.4 Å². The number of carboxylic acid groups (broad SMARTS) is 1. The lowest BCUT2D eigenvalue weighted by molar-refractivity contribution is -0.119. The number of ether oxygens (including phenoxy) is 1. The molecule has 0 aliphatic carbocycles. The van der Waals surface area contributed by atoms with Gasteiger partial charge in [-0.1, -0.05) is 6.92 Å². The minimum Gasteiger partial charge on any atom is -0.478 e. The molecule has 0 radical (unpaired) electrons. The molecule has 0 aromatic heterocycles. The van der Waals surface area contributed by atoms with Gasteiger partial charge < -0.3 is 14.7 Å². The third kappa shape index (κ3) is 4.37. The van der Waals surface area contributed by atoms with Crippen molar-refractivity contribution in [2.45, 2.75) is 13.3 Å². The fourth-order valence-electron chi connectivity index (χ4n) is 1.75. The molecular formula is C14H19NO4. The first-order valence-corrected chi connectivity index (χ1v) is 6.04. The predicted molar refractivity (Wildman–Crippen MR) is 72.5 cm³/mol. The van der Waals surface area contributed by atoms with Gasteiger partial charge in [-0.2, -0.15) is 0 Å². The summed E-state index contributed by atoms with van der Waals surface area (Å²) in [5.41, 5.74) is 0.886. The van der Waals surface area contributed by atoms with Crippen LogP contribution in [0.5, 0.6) is 0 Å². The zero-order valence-electron chi connectivity index (χ0n) is 11.4. The Morgan fingerprint density at radius 3 is 2.37 bits per heavy atom. The Morgan fingerprint density at radius 2 is 1.89 bits per heavy atom. The summed E-state index contributed by atoms with van der Waals surface area (Å²) in [4.78, 5) is 24.3. The molecule has 1 aromatic carbocycles. The van der Waals surface area contributed by atoms with Crippen LogP contribution in [0.2, 0.25) is 0 Å². The van der Waals surface area contributed by atoms with Crippen molar-refractivity contribution in [3.8, 4) is 0 Å². The van der Waals surface area contributed by atoms with Crippen LogP contribution in [0.1, 0.15) is 23.7 Å². The van der Waals surface area contributed by atoms with Crippen molar-refractivity contribution in [2.75, 3.05) is 25.7 Å². The molecule has 1 amide bonds. The Hall–Kier alpha value is -1.88. The number of aromatic carboxylic acids is 1. The summed E-state index contributed by atoms with van der Waals surface area (Å²) in [6, 6.07) is 6.23. The van der Waals surface area contributed by atoms with E-state index in [1.165, 1.54) is 17.0 Å². The molecule has 1 aromatic rings. The van der Waals surface area contributed by atoms with E-state index in [1.54, 1.807) is 26.3 Å². The lowest BCUT2D eigenvalue weighted by atomic mass is 10.1. The van der Waals surface area contributed by atoms with Gasteiger partial charge in [-0.15, -0.1) is 0 Å². The summed E-state index contributed by atoms with van der Waals surface area (Å²) in [7, 11) is 3.28. The van der Waals surface area contributed by atoms with Crippen LogP contribution in [-0.2, 0) is 9.53 Å². The Morgan fingerprint density at radius 1 is 1.32 bits per heavy atom. The number of nitrogens with zero attached hydrogens (tertiary/aromatic N) is 1. The molecule has 19 heavy (non-hydrogen) atoms. The second kappa shape index (κ2) is 6.89. The van der Waals surface area contributed by atoms with Crippen LogP contribution in [0.4, 0.5) is 5.69 Å². The van der Waals surface area contributed by atoms with Gasteiger partial charge in [-0.05, 0) is 30.2 Å². The Bertz CT molecular complexity index is 441. The van der Waals surface area contributed by atoms with E-state index < -0.39 is 5.97 Å². The van der Waals surface area contributed by atoms with Crippen LogP contribution in [-0.4, -0.2) is 37.7 Å². The molecule has 1 rings (SSSR count). The number of carbonyl (C=O) groups excluding carboxylic acids is 1. The summed E-state index contributed by atoms with van der Waals surface area (Å²) >= 11 is 0. The third-order valence-electron chi connectivity index (χ3n) is 2.85. The lowest BCUT2D eigenvalue weighted by Crippen LogP contribution is -2.28. The van der Waals surface area contributed by atoms with E-state index in [0.29, 0.717) is 18.7 Å². The molecule has 5 nitrogen and oxygen atoms in total. The molecule has 5 heteroatoms. The van der Waals surface area contributed by atoms with Crippen LogP contribution in [0, 0.1) is 5.92 Å². The average Bonchev–Trinajstić information content (AvgIpc) is 2.38. The monoisotopic (exact) mass is 265 g/mol. The summed E-state index contributed by atoms with van der Waals surface area (Å²) in [5, 5.41) is 8.81. The lowest BCUT2D eigenvalue weighted by Gasteiger charge is -2.19. The number of hydrogen-bond donors (Lipinski definition) is 1. The maximum absolute atomic E-state index is 12.0. The number of methoxy groups -OCH3 is 1. The van der Waals surface area contributed by atoms with Crippen LogP contribution >= 0.6 is 0 Å². The highest BCUT2D eigenvalue weighted by Gasteiger charge is 2.15. The molecule has 0 aliphatic rings. The zero-order valence-corrected chi connectivity index (χ0v) is 11.4. The van der Waals surface area contributed by atoms with Gasteiger partial charge in [0.2, 0.25) is 5.91 Å². The maximum atomic E-state index is 12.0. The van der Waals surface area contributed by atoms with Gasteiger partial charge in [0.25, 0.3) is 0 Å². The van der Waals surface area contributed by atoms with Crippen LogP contribution in [0.25, 0.3) is 0 Å². The molecule has 1 atom stereocenters. The van der Waals surface area contributed by atoms with E-state index in [0.717, 1.165) is 0 Å². The molecule has 0 heterocycles. The van der Waals surface area contributed by atoms with Crippen molar-refractivity contribution in [1.29, 1.82) is 0 Å². The highest BCUT2D eigenvalue weighted by molar-refractivity contribution is 5.94. The molecule has 1 unspecified atom stereocenters. The minimum atomic E-state index is -0.978. The summed E-state index contributed by atoms with van der Waals surface area (Å²) in [5.74, 6) is -0.847. The van der Waals surface area contributed by atoms with Gasteiger partial charge in [0.05, 0.1) is 5.56 Å². The number of anilines is 1. The standard InChI is InChI=1S/C14H19NO4/c1-10(9-19-3)8-13(16)15(2)12-6-4-11(5-7-12)14(17)18/h4-7,10H,8-9H2,1-3H3,(H,17,18). The van der Waals surface area contributed by atoms with Crippen molar-refractivity contribution in [1.82, 2.24) is 0 Å².